The molecule has 0 aliphatic carbocycles. The summed E-state index contributed by atoms with van der Waals surface area (Å²) in [4.78, 5) is 12.2. The molecular formula is C15H14OS. The van der Waals surface area contributed by atoms with E-state index in [4.69, 9.17) is 0 Å². The highest BCUT2D eigenvalue weighted by Gasteiger charge is 2.15. The van der Waals surface area contributed by atoms with Gasteiger partial charge in [0.05, 0.1) is 5.92 Å². The molecule has 0 aliphatic heterocycles. The van der Waals surface area contributed by atoms with Gasteiger partial charge < -0.3 is 4.79 Å². The minimum atomic E-state index is -0.233. The predicted molar refractivity (Wildman–Crippen MR) is 72.8 cm³/mol. The van der Waals surface area contributed by atoms with Gasteiger partial charge in [0.2, 0.25) is 0 Å². The third-order valence-corrected chi connectivity index (χ3v) is 3.22. The van der Waals surface area contributed by atoms with Crippen LogP contribution in [-0.4, -0.2) is 6.29 Å². The van der Waals surface area contributed by atoms with E-state index in [1.807, 2.05) is 55.5 Å². The van der Waals surface area contributed by atoms with E-state index in [1.54, 1.807) is 0 Å². The summed E-state index contributed by atoms with van der Waals surface area (Å²) in [6, 6.07) is 15.7. The topological polar surface area (TPSA) is 17.1 Å². The van der Waals surface area contributed by atoms with E-state index in [0.29, 0.717) is 0 Å². The molecule has 0 heterocycles. The molecule has 0 N–H and O–H groups in total. The quantitative estimate of drug-likeness (QED) is 0.642. The van der Waals surface area contributed by atoms with Crippen LogP contribution in [0.15, 0.2) is 53.4 Å². The van der Waals surface area contributed by atoms with Crippen molar-refractivity contribution in [1.82, 2.24) is 0 Å². The largest absolute Gasteiger partial charge is 0.302 e. The van der Waals surface area contributed by atoms with Crippen LogP contribution < -0.4 is 0 Å². The van der Waals surface area contributed by atoms with Crippen molar-refractivity contribution in [3.05, 3.63) is 65.2 Å². The molecule has 1 atom stereocenters. The Kier molecular flexibility index (Phi) is 3.64. The highest BCUT2D eigenvalue weighted by atomic mass is 32.1. The number of thiol groups is 1. The SMILES string of the molecule is Cc1ccc(S)c(C(C=O)c2ccccc2)c1. The molecule has 2 rings (SSSR count). The zero-order valence-corrected chi connectivity index (χ0v) is 10.5. The van der Waals surface area contributed by atoms with Gasteiger partial charge in [0, 0.05) is 4.90 Å². The first-order valence-corrected chi connectivity index (χ1v) is 5.97. The molecule has 0 radical (unpaired) electrons. The molecule has 86 valence electrons. The van der Waals surface area contributed by atoms with Crippen LogP contribution in [0.4, 0.5) is 0 Å². The van der Waals surface area contributed by atoms with Gasteiger partial charge in [-0.1, -0.05) is 48.0 Å². The van der Waals surface area contributed by atoms with Crippen LogP contribution >= 0.6 is 12.6 Å². The monoisotopic (exact) mass is 242 g/mol. The Morgan fingerprint density at radius 1 is 1.12 bits per heavy atom. The van der Waals surface area contributed by atoms with Gasteiger partial charge in [-0.05, 0) is 24.1 Å². The summed E-state index contributed by atoms with van der Waals surface area (Å²) in [6.45, 7) is 2.02. The molecule has 0 fully saturated rings. The second-order valence-electron chi connectivity index (χ2n) is 4.09. The van der Waals surface area contributed by atoms with Crippen LogP contribution in [0.5, 0.6) is 0 Å². The average molecular weight is 242 g/mol. The second kappa shape index (κ2) is 5.19. The van der Waals surface area contributed by atoms with Gasteiger partial charge in [0.15, 0.2) is 0 Å². The number of aryl methyl sites for hydroxylation is 1. The maximum Gasteiger partial charge on any atom is 0.131 e. The molecule has 1 nitrogen and oxygen atoms in total. The Bertz CT molecular complexity index is 520. The number of rotatable bonds is 3. The Hall–Kier alpha value is -1.54. The Labute approximate surface area is 107 Å². The number of aldehydes is 1. The van der Waals surface area contributed by atoms with Crippen molar-refractivity contribution in [2.75, 3.05) is 0 Å². The van der Waals surface area contributed by atoms with E-state index in [2.05, 4.69) is 12.6 Å². The molecule has 17 heavy (non-hydrogen) atoms. The van der Waals surface area contributed by atoms with E-state index in [9.17, 15) is 4.79 Å². The van der Waals surface area contributed by atoms with E-state index in [-0.39, 0.29) is 5.92 Å². The smallest absolute Gasteiger partial charge is 0.131 e. The van der Waals surface area contributed by atoms with Crippen LogP contribution in [0.3, 0.4) is 0 Å². The van der Waals surface area contributed by atoms with Crippen molar-refractivity contribution < 1.29 is 4.79 Å². The van der Waals surface area contributed by atoms with Gasteiger partial charge in [-0.3, -0.25) is 0 Å². The zero-order valence-electron chi connectivity index (χ0n) is 9.63. The molecule has 1 unspecified atom stereocenters. The van der Waals surface area contributed by atoms with Crippen LogP contribution in [0.1, 0.15) is 22.6 Å². The summed E-state index contributed by atoms with van der Waals surface area (Å²) < 4.78 is 0. The summed E-state index contributed by atoms with van der Waals surface area (Å²) in [7, 11) is 0. The van der Waals surface area contributed by atoms with Crippen molar-refractivity contribution in [1.29, 1.82) is 0 Å². The van der Waals surface area contributed by atoms with Crippen LogP contribution in [0, 0.1) is 6.92 Å². The summed E-state index contributed by atoms with van der Waals surface area (Å²) in [5.41, 5.74) is 3.11. The molecular weight excluding hydrogens is 228 g/mol. The summed E-state index contributed by atoms with van der Waals surface area (Å²) >= 11 is 4.43. The molecule has 2 heteroatoms. The number of hydrogen-bond acceptors (Lipinski definition) is 2. The van der Waals surface area contributed by atoms with E-state index in [0.717, 1.165) is 27.9 Å². The molecule has 0 bridgehead atoms. The Morgan fingerprint density at radius 2 is 1.82 bits per heavy atom. The molecule has 0 amide bonds. The fraction of sp³-hybridized carbons (Fsp3) is 0.133. The number of hydrogen-bond donors (Lipinski definition) is 1. The Balaban J connectivity index is 2.49. The molecule has 2 aromatic rings. The fourth-order valence-corrected chi connectivity index (χ4v) is 2.19. The van der Waals surface area contributed by atoms with Crippen molar-refractivity contribution in [3.63, 3.8) is 0 Å². The zero-order chi connectivity index (χ0) is 12.3. The van der Waals surface area contributed by atoms with Gasteiger partial charge in [-0.25, -0.2) is 0 Å². The minimum Gasteiger partial charge on any atom is -0.302 e. The van der Waals surface area contributed by atoms with Crippen molar-refractivity contribution in [2.45, 2.75) is 17.7 Å². The third-order valence-electron chi connectivity index (χ3n) is 2.81. The first-order chi connectivity index (χ1) is 8.22. The Morgan fingerprint density at radius 3 is 2.47 bits per heavy atom. The third kappa shape index (κ3) is 2.59. The molecule has 2 aromatic carbocycles. The number of benzene rings is 2. The molecule has 0 aliphatic rings. The maximum atomic E-state index is 11.3. The summed E-state index contributed by atoms with van der Waals surface area (Å²) in [5.74, 6) is -0.233. The first-order valence-electron chi connectivity index (χ1n) is 5.52. The second-order valence-corrected chi connectivity index (χ2v) is 4.57. The highest BCUT2D eigenvalue weighted by Crippen LogP contribution is 2.28. The lowest BCUT2D eigenvalue weighted by Crippen LogP contribution is -2.03. The predicted octanol–water partition coefficient (Wildman–Crippen LogP) is 3.61. The van der Waals surface area contributed by atoms with E-state index in [1.165, 1.54) is 0 Å². The molecule has 0 aromatic heterocycles. The molecule has 0 spiro atoms. The van der Waals surface area contributed by atoms with Crippen molar-refractivity contribution in [3.8, 4) is 0 Å². The van der Waals surface area contributed by atoms with Gasteiger partial charge in [-0.15, -0.1) is 12.6 Å². The fourth-order valence-electron chi connectivity index (χ4n) is 1.91. The lowest BCUT2D eigenvalue weighted by atomic mass is 9.92. The normalized spacial score (nSPS) is 12.1. The molecule has 0 saturated heterocycles. The number of carbonyl (C=O) groups is 1. The summed E-state index contributed by atoms with van der Waals surface area (Å²) in [5, 5.41) is 0. The number of carbonyl (C=O) groups excluding carboxylic acids is 1. The highest BCUT2D eigenvalue weighted by molar-refractivity contribution is 7.80. The maximum absolute atomic E-state index is 11.3. The van der Waals surface area contributed by atoms with Crippen molar-refractivity contribution in [2.24, 2.45) is 0 Å². The van der Waals surface area contributed by atoms with Crippen LogP contribution in [-0.2, 0) is 4.79 Å². The van der Waals surface area contributed by atoms with Gasteiger partial charge in [0.25, 0.3) is 0 Å². The van der Waals surface area contributed by atoms with Gasteiger partial charge in [0.1, 0.15) is 6.29 Å². The van der Waals surface area contributed by atoms with Crippen LogP contribution in [0.2, 0.25) is 0 Å². The van der Waals surface area contributed by atoms with E-state index < -0.39 is 0 Å². The van der Waals surface area contributed by atoms with Gasteiger partial charge in [-0.2, -0.15) is 0 Å². The average Bonchev–Trinajstić information content (AvgIpc) is 2.36. The summed E-state index contributed by atoms with van der Waals surface area (Å²) in [6.07, 6.45) is 0.976. The standard InChI is InChI=1S/C15H14OS/c1-11-7-8-15(17)13(9-11)14(10-16)12-5-3-2-4-6-12/h2-10,14,17H,1H3. The lowest BCUT2D eigenvalue weighted by molar-refractivity contribution is -0.108. The van der Waals surface area contributed by atoms with E-state index >= 15 is 0 Å². The van der Waals surface area contributed by atoms with Crippen molar-refractivity contribution >= 4 is 18.9 Å². The molecule has 0 saturated carbocycles. The van der Waals surface area contributed by atoms with Gasteiger partial charge >= 0.3 is 0 Å². The van der Waals surface area contributed by atoms with Crippen LogP contribution in [0.25, 0.3) is 0 Å². The minimum absolute atomic E-state index is 0.233. The lowest BCUT2D eigenvalue weighted by Gasteiger charge is -2.14. The first kappa shape index (κ1) is 11.9.